The molecule has 0 saturated heterocycles. The Kier molecular flexibility index (Phi) is 4.62. The highest BCUT2D eigenvalue weighted by molar-refractivity contribution is 8.05. The zero-order chi connectivity index (χ0) is 19.8. The fourth-order valence-corrected chi connectivity index (χ4v) is 6.31. The Hall–Kier alpha value is -2.82. The summed E-state index contributed by atoms with van der Waals surface area (Å²) in [7, 11) is -10.7. The maximum absolute atomic E-state index is 13.3. The Labute approximate surface area is 163 Å². The van der Waals surface area contributed by atoms with E-state index in [0.29, 0.717) is 0 Å². The second-order valence-corrected chi connectivity index (χ2v) is 9.71. The van der Waals surface area contributed by atoms with Crippen LogP contribution in [-0.4, -0.2) is 27.7 Å². The van der Waals surface area contributed by atoms with E-state index in [9.17, 15) is 16.8 Å². The van der Waals surface area contributed by atoms with Crippen LogP contribution in [0.1, 0.15) is 0 Å². The summed E-state index contributed by atoms with van der Waals surface area (Å²) in [5.74, 6) is 0.507. The summed E-state index contributed by atoms with van der Waals surface area (Å²) in [6, 6.07) is 21.0. The van der Waals surface area contributed by atoms with E-state index in [0.717, 1.165) is 0 Å². The zero-order valence-corrected chi connectivity index (χ0v) is 16.0. The van der Waals surface area contributed by atoms with Crippen molar-refractivity contribution in [2.45, 2.75) is 9.79 Å². The van der Waals surface area contributed by atoms with Crippen molar-refractivity contribution in [2.24, 2.45) is 0 Å². The van der Waals surface area contributed by atoms with Crippen LogP contribution in [0.2, 0.25) is 0 Å². The van der Waals surface area contributed by atoms with Gasteiger partial charge in [0, 0.05) is 0 Å². The van der Waals surface area contributed by atoms with Gasteiger partial charge in [-0.1, -0.05) is 48.5 Å². The Morgan fingerprint density at radius 2 is 0.929 bits per heavy atom. The molecule has 142 valence electrons. The van der Waals surface area contributed by atoms with Crippen LogP contribution in [0.25, 0.3) is 0 Å². The summed E-state index contributed by atoms with van der Waals surface area (Å²) in [5.41, 5.74) is 0. The maximum atomic E-state index is 13.3. The molecule has 0 radical (unpaired) electrons. The molecule has 1 aliphatic rings. The van der Waals surface area contributed by atoms with Crippen LogP contribution in [0.3, 0.4) is 0 Å². The Balaban J connectivity index is 1.86. The summed E-state index contributed by atoms with van der Waals surface area (Å²) in [6.07, 6.45) is 0. The number of nitrogens with zero attached hydrogens (tertiary/aromatic N) is 1. The van der Waals surface area contributed by atoms with E-state index in [4.69, 9.17) is 9.31 Å². The normalized spacial score (nSPS) is 13.7. The van der Waals surface area contributed by atoms with Crippen LogP contribution < -0.4 is 9.31 Å². The number of para-hydroxylation sites is 2. The maximum Gasteiger partial charge on any atom is 0.731 e. The summed E-state index contributed by atoms with van der Waals surface area (Å²) >= 11 is 0. The van der Waals surface area contributed by atoms with E-state index in [1.807, 2.05) is 0 Å². The minimum Gasteiger partial charge on any atom is -0.508 e. The lowest BCUT2D eigenvalue weighted by Gasteiger charge is -2.22. The Bertz CT molecular complexity index is 1110. The first kappa shape index (κ1) is 18.5. The van der Waals surface area contributed by atoms with Gasteiger partial charge in [0.2, 0.25) is 0 Å². The average Bonchev–Trinajstić information content (AvgIpc) is 3.12. The van der Waals surface area contributed by atoms with Gasteiger partial charge in [-0.25, -0.2) is 16.8 Å². The van der Waals surface area contributed by atoms with E-state index in [1.165, 1.54) is 48.5 Å². The highest BCUT2D eigenvalue weighted by atomic mass is 32.3. The number of fused-ring (bicyclic) bond motifs is 1. The highest BCUT2D eigenvalue weighted by Gasteiger charge is 2.54. The van der Waals surface area contributed by atoms with Crippen LogP contribution in [0, 0.1) is 0 Å². The van der Waals surface area contributed by atoms with Gasteiger partial charge in [-0.3, -0.25) is 0 Å². The molecule has 0 N–H and O–H groups in total. The zero-order valence-electron chi connectivity index (χ0n) is 14.4. The SMILES string of the molecule is O=S(=O)(c1ccccc1)N(B1Oc2ccccc2O1)S(=O)(=O)c1ccccc1. The van der Waals surface area contributed by atoms with Crippen LogP contribution in [0.15, 0.2) is 94.7 Å². The molecule has 1 heterocycles. The minimum atomic E-state index is -4.51. The van der Waals surface area contributed by atoms with E-state index < -0.39 is 27.3 Å². The van der Waals surface area contributed by atoms with Crippen molar-refractivity contribution < 1.29 is 26.1 Å². The first-order chi connectivity index (χ1) is 13.4. The van der Waals surface area contributed by atoms with Gasteiger partial charge >= 0.3 is 7.25 Å². The molecule has 7 nitrogen and oxygen atoms in total. The average molecular weight is 415 g/mol. The summed E-state index contributed by atoms with van der Waals surface area (Å²) in [4.78, 5) is -0.393. The van der Waals surface area contributed by atoms with Crippen LogP contribution in [0.5, 0.6) is 11.5 Å². The Morgan fingerprint density at radius 1 is 0.571 bits per heavy atom. The topological polar surface area (TPSA) is 90.0 Å². The highest BCUT2D eigenvalue weighted by Crippen LogP contribution is 2.36. The second kappa shape index (κ2) is 6.97. The Morgan fingerprint density at radius 3 is 1.32 bits per heavy atom. The second-order valence-electron chi connectivity index (χ2n) is 5.85. The van der Waals surface area contributed by atoms with Crippen LogP contribution in [-0.2, 0) is 20.0 Å². The van der Waals surface area contributed by atoms with E-state index >= 15 is 0 Å². The van der Waals surface area contributed by atoms with Gasteiger partial charge in [0.25, 0.3) is 20.0 Å². The van der Waals surface area contributed by atoms with Crippen LogP contribution >= 0.6 is 0 Å². The lowest BCUT2D eigenvalue weighted by atomic mass is 10.2. The predicted octanol–water partition coefficient (Wildman–Crippen LogP) is 2.52. The molecule has 0 spiro atoms. The standard InChI is InChI=1S/C18H14BNO6S2/c21-27(22,15-9-3-1-4-10-15)20(28(23,24)16-11-5-2-6-12-16)19-25-17-13-7-8-14-18(17)26-19/h1-14H. The van der Waals surface area contributed by atoms with Gasteiger partial charge in [0.05, 0.1) is 9.79 Å². The fourth-order valence-electron chi connectivity index (χ4n) is 2.72. The van der Waals surface area contributed by atoms with Gasteiger partial charge < -0.3 is 9.31 Å². The third kappa shape index (κ3) is 3.15. The molecule has 0 aromatic heterocycles. The first-order valence-electron chi connectivity index (χ1n) is 8.23. The van der Waals surface area contributed by atoms with Crippen molar-refractivity contribution in [1.82, 2.24) is 3.62 Å². The third-order valence-electron chi connectivity index (χ3n) is 4.03. The molecule has 0 bridgehead atoms. The lowest BCUT2D eigenvalue weighted by Crippen LogP contribution is -2.52. The minimum absolute atomic E-state index is 0.197. The smallest absolute Gasteiger partial charge is 0.508 e. The van der Waals surface area contributed by atoms with Gasteiger partial charge in [-0.2, -0.15) is 0 Å². The first-order valence-corrected chi connectivity index (χ1v) is 11.1. The van der Waals surface area contributed by atoms with Gasteiger partial charge in [-0.15, -0.1) is 0 Å². The van der Waals surface area contributed by atoms with Crippen molar-refractivity contribution in [3.05, 3.63) is 84.9 Å². The molecule has 0 fully saturated rings. The lowest BCUT2D eigenvalue weighted by molar-refractivity contribution is 0.443. The number of sulfonamides is 2. The predicted molar refractivity (Wildman–Crippen MR) is 103 cm³/mol. The van der Waals surface area contributed by atoms with Gasteiger partial charge in [0.15, 0.2) is 0 Å². The van der Waals surface area contributed by atoms with E-state index in [2.05, 4.69) is 0 Å². The molecule has 10 heteroatoms. The monoisotopic (exact) mass is 415 g/mol. The molecule has 0 saturated carbocycles. The number of benzene rings is 3. The molecule has 28 heavy (non-hydrogen) atoms. The molecule has 3 aromatic carbocycles. The molecular formula is C18H14BNO6S2. The van der Waals surface area contributed by atoms with E-state index in [-0.39, 0.29) is 24.9 Å². The summed E-state index contributed by atoms with van der Waals surface area (Å²) < 4.78 is 64.4. The van der Waals surface area contributed by atoms with Crippen molar-refractivity contribution in [2.75, 3.05) is 0 Å². The number of rotatable bonds is 5. The van der Waals surface area contributed by atoms with Gasteiger partial charge in [-0.05, 0) is 40.0 Å². The largest absolute Gasteiger partial charge is 0.731 e. The van der Waals surface area contributed by atoms with Crippen molar-refractivity contribution in [3.63, 3.8) is 0 Å². The van der Waals surface area contributed by atoms with Crippen molar-refractivity contribution in [1.29, 1.82) is 0 Å². The quantitative estimate of drug-likeness (QED) is 0.595. The fraction of sp³-hybridized carbons (Fsp3) is 0. The molecule has 1 aliphatic heterocycles. The van der Waals surface area contributed by atoms with Gasteiger partial charge in [0.1, 0.15) is 11.5 Å². The number of hydrogen-bond donors (Lipinski definition) is 0. The molecule has 0 aliphatic carbocycles. The molecule has 0 atom stereocenters. The molecule has 4 rings (SSSR count). The molecule has 3 aromatic rings. The van der Waals surface area contributed by atoms with Crippen molar-refractivity contribution in [3.8, 4) is 11.5 Å². The van der Waals surface area contributed by atoms with E-state index in [1.54, 1.807) is 36.4 Å². The van der Waals surface area contributed by atoms with Crippen LogP contribution in [0.4, 0.5) is 0 Å². The molecule has 0 unspecified atom stereocenters. The molecular weight excluding hydrogens is 401 g/mol. The summed E-state index contributed by atoms with van der Waals surface area (Å²) in [5, 5.41) is 0. The molecule has 0 amide bonds. The third-order valence-corrected chi connectivity index (χ3v) is 8.24. The summed E-state index contributed by atoms with van der Waals surface area (Å²) in [6.45, 7) is 0. The number of hydrogen-bond acceptors (Lipinski definition) is 6. The van der Waals surface area contributed by atoms with Crippen molar-refractivity contribution >= 4 is 27.3 Å².